The van der Waals surface area contributed by atoms with Crippen LogP contribution in [-0.4, -0.2) is 45.5 Å². The third kappa shape index (κ3) is 3.40. The maximum Gasteiger partial charge on any atom is 0.0543 e. The summed E-state index contributed by atoms with van der Waals surface area (Å²) in [6.45, 7) is 7.02. The van der Waals surface area contributed by atoms with E-state index in [4.69, 9.17) is 0 Å². The summed E-state index contributed by atoms with van der Waals surface area (Å²) in [4.78, 5) is 9.78. The number of hydrogen-bond acceptors (Lipinski definition) is 3. The Labute approximate surface area is 145 Å². The van der Waals surface area contributed by atoms with Crippen molar-refractivity contribution in [2.45, 2.75) is 32.4 Å². The largest absolute Gasteiger partial charge is 0.353 e. The molecule has 0 radical (unpaired) electrons. The first-order valence-corrected chi connectivity index (χ1v) is 9.17. The van der Waals surface area contributed by atoms with Gasteiger partial charge in [0, 0.05) is 51.3 Å². The van der Waals surface area contributed by atoms with Crippen molar-refractivity contribution in [2.75, 3.05) is 26.2 Å². The van der Waals surface area contributed by atoms with Gasteiger partial charge in [-0.2, -0.15) is 0 Å². The first-order chi connectivity index (χ1) is 11.7. The van der Waals surface area contributed by atoms with Gasteiger partial charge in [0.15, 0.2) is 0 Å². The number of hydrogen-bond donors (Lipinski definition) is 0. The Bertz CT molecular complexity index is 665. The quantitative estimate of drug-likeness (QED) is 0.864. The zero-order valence-electron chi connectivity index (χ0n) is 14.7. The molecule has 4 heterocycles. The van der Waals surface area contributed by atoms with Crippen LogP contribution < -0.4 is 0 Å². The molecule has 0 N–H and O–H groups in total. The average Bonchev–Trinajstić information content (AvgIpc) is 3.16. The molecular formula is C20H28N4. The Morgan fingerprint density at radius 1 is 1.00 bits per heavy atom. The molecule has 1 atom stereocenters. The maximum absolute atomic E-state index is 4.51. The second-order valence-corrected chi connectivity index (χ2v) is 7.71. The fourth-order valence-electron chi connectivity index (χ4n) is 4.55. The van der Waals surface area contributed by atoms with E-state index in [-0.39, 0.29) is 0 Å². The lowest BCUT2D eigenvalue weighted by Gasteiger charge is -2.40. The molecule has 1 spiro atoms. The molecule has 4 rings (SSSR count). The minimum Gasteiger partial charge on any atom is -0.353 e. The zero-order chi connectivity index (χ0) is 16.4. The molecule has 0 aromatic carbocycles. The van der Waals surface area contributed by atoms with Gasteiger partial charge >= 0.3 is 0 Å². The van der Waals surface area contributed by atoms with Gasteiger partial charge in [-0.1, -0.05) is 6.07 Å². The van der Waals surface area contributed by atoms with Crippen LogP contribution in [0.25, 0.3) is 0 Å². The lowest BCUT2D eigenvalue weighted by molar-refractivity contribution is 0.0855. The lowest BCUT2D eigenvalue weighted by Crippen LogP contribution is -2.44. The molecule has 0 aliphatic carbocycles. The third-order valence-corrected chi connectivity index (χ3v) is 5.81. The summed E-state index contributed by atoms with van der Waals surface area (Å²) in [6, 6.07) is 10.6. The van der Waals surface area contributed by atoms with Gasteiger partial charge in [0.1, 0.15) is 0 Å². The molecule has 2 aliphatic rings. The predicted molar refractivity (Wildman–Crippen MR) is 96.5 cm³/mol. The van der Waals surface area contributed by atoms with Gasteiger partial charge in [-0.05, 0) is 62.0 Å². The fourth-order valence-corrected chi connectivity index (χ4v) is 4.55. The van der Waals surface area contributed by atoms with Crippen LogP contribution in [0.15, 0.2) is 42.7 Å². The van der Waals surface area contributed by atoms with Gasteiger partial charge in [-0.15, -0.1) is 0 Å². The van der Waals surface area contributed by atoms with E-state index >= 15 is 0 Å². The molecular weight excluding hydrogens is 296 g/mol. The van der Waals surface area contributed by atoms with E-state index in [0.29, 0.717) is 5.41 Å². The molecule has 24 heavy (non-hydrogen) atoms. The molecule has 0 bridgehead atoms. The van der Waals surface area contributed by atoms with Gasteiger partial charge < -0.3 is 4.57 Å². The average molecular weight is 324 g/mol. The fraction of sp³-hybridized carbons (Fsp3) is 0.550. The predicted octanol–water partition coefficient (Wildman–Crippen LogP) is 2.91. The van der Waals surface area contributed by atoms with Crippen LogP contribution in [-0.2, 0) is 20.1 Å². The molecule has 4 nitrogen and oxygen atoms in total. The zero-order valence-corrected chi connectivity index (χ0v) is 14.7. The first-order valence-electron chi connectivity index (χ1n) is 9.17. The van der Waals surface area contributed by atoms with E-state index in [0.717, 1.165) is 13.1 Å². The van der Waals surface area contributed by atoms with Crippen molar-refractivity contribution >= 4 is 0 Å². The molecule has 2 aliphatic heterocycles. The number of rotatable bonds is 4. The van der Waals surface area contributed by atoms with Gasteiger partial charge in [-0.25, -0.2) is 0 Å². The summed E-state index contributed by atoms with van der Waals surface area (Å²) in [6.07, 6.45) is 8.11. The molecule has 2 saturated heterocycles. The Balaban J connectivity index is 1.38. The van der Waals surface area contributed by atoms with Gasteiger partial charge in [-0.3, -0.25) is 14.8 Å². The number of likely N-dealkylation sites (tertiary alicyclic amines) is 2. The molecule has 0 saturated carbocycles. The highest BCUT2D eigenvalue weighted by atomic mass is 15.2. The van der Waals surface area contributed by atoms with Crippen LogP contribution >= 0.6 is 0 Å². The lowest BCUT2D eigenvalue weighted by atomic mass is 9.79. The van der Waals surface area contributed by atoms with Crippen LogP contribution in [0.1, 0.15) is 30.7 Å². The van der Waals surface area contributed by atoms with Crippen molar-refractivity contribution in [3.05, 3.63) is 54.1 Å². The van der Waals surface area contributed by atoms with E-state index in [1.807, 2.05) is 12.3 Å². The van der Waals surface area contributed by atoms with Crippen molar-refractivity contribution in [3.8, 4) is 0 Å². The van der Waals surface area contributed by atoms with Crippen molar-refractivity contribution in [1.29, 1.82) is 0 Å². The summed E-state index contributed by atoms with van der Waals surface area (Å²) in [7, 11) is 2.15. The SMILES string of the molecule is Cn1cccc1CN1CCC2(CCCN(Cc3ccccn3)C2)C1. The second kappa shape index (κ2) is 6.69. The molecule has 2 aromatic rings. The number of piperidine rings is 1. The monoisotopic (exact) mass is 324 g/mol. The van der Waals surface area contributed by atoms with Gasteiger partial charge in [0.25, 0.3) is 0 Å². The number of aryl methyl sites for hydroxylation is 1. The van der Waals surface area contributed by atoms with Crippen molar-refractivity contribution in [3.63, 3.8) is 0 Å². The summed E-state index contributed by atoms with van der Waals surface area (Å²) in [5.41, 5.74) is 3.12. The third-order valence-electron chi connectivity index (χ3n) is 5.81. The molecule has 128 valence electrons. The molecule has 2 aromatic heterocycles. The minimum absolute atomic E-state index is 0.498. The van der Waals surface area contributed by atoms with E-state index in [1.165, 1.54) is 56.8 Å². The maximum atomic E-state index is 4.51. The van der Waals surface area contributed by atoms with Crippen molar-refractivity contribution in [2.24, 2.45) is 12.5 Å². The Kier molecular flexibility index (Phi) is 4.42. The summed E-state index contributed by atoms with van der Waals surface area (Å²) in [5, 5.41) is 0. The first kappa shape index (κ1) is 15.9. The highest BCUT2D eigenvalue weighted by molar-refractivity contribution is 5.08. The summed E-state index contributed by atoms with van der Waals surface area (Å²) in [5.74, 6) is 0. The highest BCUT2D eigenvalue weighted by Crippen LogP contribution is 2.39. The van der Waals surface area contributed by atoms with E-state index in [2.05, 4.69) is 56.9 Å². The summed E-state index contributed by atoms with van der Waals surface area (Å²) < 4.78 is 2.25. The topological polar surface area (TPSA) is 24.3 Å². The van der Waals surface area contributed by atoms with Crippen LogP contribution in [0.3, 0.4) is 0 Å². The van der Waals surface area contributed by atoms with Crippen molar-refractivity contribution in [1.82, 2.24) is 19.4 Å². The number of nitrogens with zero attached hydrogens (tertiary/aromatic N) is 4. The Morgan fingerprint density at radius 3 is 2.62 bits per heavy atom. The van der Waals surface area contributed by atoms with Crippen LogP contribution in [0, 0.1) is 5.41 Å². The molecule has 1 unspecified atom stereocenters. The van der Waals surface area contributed by atoms with E-state index < -0.39 is 0 Å². The van der Waals surface area contributed by atoms with Crippen LogP contribution in [0.5, 0.6) is 0 Å². The molecule has 2 fully saturated rings. The van der Waals surface area contributed by atoms with Gasteiger partial charge in [0.05, 0.1) is 5.69 Å². The highest BCUT2D eigenvalue weighted by Gasteiger charge is 2.41. The van der Waals surface area contributed by atoms with E-state index in [9.17, 15) is 0 Å². The van der Waals surface area contributed by atoms with Crippen LogP contribution in [0.2, 0.25) is 0 Å². The minimum atomic E-state index is 0.498. The Morgan fingerprint density at radius 2 is 1.88 bits per heavy atom. The summed E-state index contributed by atoms with van der Waals surface area (Å²) >= 11 is 0. The number of pyridine rings is 1. The molecule has 0 amide bonds. The van der Waals surface area contributed by atoms with E-state index in [1.54, 1.807) is 0 Å². The smallest absolute Gasteiger partial charge is 0.0543 e. The van der Waals surface area contributed by atoms with Gasteiger partial charge in [0.2, 0.25) is 0 Å². The van der Waals surface area contributed by atoms with Crippen molar-refractivity contribution < 1.29 is 0 Å². The standard InChI is InChI=1S/C20H28N4/c1-22-11-4-7-19(22)15-24-13-9-20(17-24)8-5-12-23(16-20)14-18-6-2-3-10-21-18/h2-4,6-7,10-11H,5,8-9,12-17H2,1H3. The Hall–Kier alpha value is -1.65. The number of aromatic nitrogens is 2. The molecule has 4 heteroatoms. The second-order valence-electron chi connectivity index (χ2n) is 7.71. The van der Waals surface area contributed by atoms with Crippen LogP contribution in [0.4, 0.5) is 0 Å². The normalized spacial score (nSPS) is 25.5.